The van der Waals surface area contributed by atoms with E-state index in [0.29, 0.717) is 5.52 Å². The highest BCUT2D eigenvalue weighted by Gasteiger charge is 2.30. The zero-order chi connectivity index (χ0) is 20.6. The van der Waals surface area contributed by atoms with E-state index >= 15 is 0 Å². The molecule has 2 aromatic heterocycles. The van der Waals surface area contributed by atoms with Gasteiger partial charge in [-0.05, 0) is 44.5 Å². The van der Waals surface area contributed by atoms with E-state index in [9.17, 15) is 22.8 Å². The van der Waals surface area contributed by atoms with Gasteiger partial charge in [-0.3, -0.25) is 14.2 Å². The van der Waals surface area contributed by atoms with Gasteiger partial charge in [0.25, 0.3) is 5.56 Å². The number of carbonyl (C=O) groups is 1. The summed E-state index contributed by atoms with van der Waals surface area (Å²) in [5.41, 5.74) is 0.360. The number of amides is 1. The van der Waals surface area contributed by atoms with Crippen molar-refractivity contribution in [3.05, 3.63) is 64.2 Å². The maximum atomic E-state index is 13.1. The van der Waals surface area contributed by atoms with E-state index < -0.39 is 23.2 Å². The van der Waals surface area contributed by atoms with E-state index in [-0.39, 0.29) is 23.8 Å². The number of carbonyl (C=O) groups excluding carboxylic acids is 1. The van der Waals surface area contributed by atoms with E-state index in [0.717, 1.165) is 17.7 Å². The summed E-state index contributed by atoms with van der Waals surface area (Å²) < 4.78 is 42.2. The molecule has 0 unspecified atom stereocenters. The first-order chi connectivity index (χ1) is 13.1. The predicted octanol–water partition coefficient (Wildman–Crippen LogP) is 3.62. The first-order valence-electron chi connectivity index (χ1n) is 8.75. The third kappa shape index (κ3) is 3.95. The largest absolute Gasteiger partial charge is 0.416 e. The molecule has 1 N–H and O–H groups in total. The van der Waals surface area contributed by atoms with Gasteiger partial charge in [0.1, 0.15) is 12.1 Å². The maximum Gasteiger partial charge on any atom is 0.416 e. The Kier molecular flexibility index (Phi) is 5.06. The molecule has 0 saturated carbocycles. The molecule has 0 radical (unpaired) electrons. The van der Waals surface area contributed by atoms with Gasteiger partial charge in [0.05, 0.1) is 11.3 Å². The molecule has 3 aromatic rings. The van der Waals surface area contributed by atoms with Crippen molar-refractivity contribution in [2.24, 2.45) is 0 Å². The number of rotatable bonds is 4. The zero-order valence-corrected chi connectivity index (χ0v) is 15.7. The minimum Gasteiger partial charge on any atom is -0.352 e. The Bertz CT molecular complexity index is 1090. The summed E-state index contributed by atoms with van der Waals surface area (Å²) in [6.45, 7) is 5.09. The van der Waals surface area contributed by atoms with Gasteiger partial charge in [0, 0.05) is 24.0 Å². The first kappa shape index (κ1) is 19.7. The molecule has 0 aliphatic rings. The fraction of sp³-hybridized carbons (Fsp3) is 0.300. The molecule has 1 amide bonds. The molecule has 28 heavy (non-hydrogen) atoms. The van der Waals surface area contributed by atoms with Gasteiger partial charge in [0.15, 0.2) is 0 Å². The smallest absolute Gasteiger partial charge is 0.352 e. The van der Waals surface area contributed by atoms with Crippen LogP contribution in [0.4, 0.5) is 13.2 Å². The number of fused-ring (bicyclic) bond motifs is 1. The number of aromatic nitrogens is 2. The van der Waals surface area contributed by atoms with Gasteiger partial charge in [0.2, 0.25) is 5.91 Å². The molecule has 1 aromatic carbocycles. The Morgan fingerprint density at radius 1 is 1.18 bits per heavy atom. The summed E-state index contributed by atoms with van der Waals surface area (Å²) in [7, 11) is 0. The molecular weight excluding hydrogens is 371 g/mol. The number of hydrogen-bond acceptors (Lipinski definition) is 2. The average molecular weight is 391 g/mol. The van der Waals surface area contributed by atoms with Crippen LogP contribution < -0.4 is 10.9 Å². The molecule has 0 spiro atoms. The minimum atomic E-state index is -4.51. The fourth-order valence-electron chi connectivity index (χ4n) is 3.10. The van der Waals surface area contributed by atoms with E-state index in [1.54, 1.807) is 36.7 Å². The lowest BCUT2D eigenvalue weighted by molar-refractivity contribution is -0.137. The zero-order valence-electron chi connectivity index (χ0n) is 15.7. The Hall–Kier alpha value is -3.03. The van der Waals surface area contributed by atoms with Gasteiger partial charge in [-0.1, -0.05) is 12.1 Å². The Morgan fingerprint density at radius 2 is 1.89 bits per heavy atom. The second-order valence-corrected chi connectivity index (χ2v) is 7.02. The molecule has 0 fully saturated rings. The van der Waals surface area contributed by atoms with Crippen molar-refractivity contribution in [1.29, 1.82) is 0 Å². The van der Waals surface area contributed by atoms with E-state index in [4.69, 9.17) is 0 Å². The monoisotopic (exact) mass is 391 g/mol. The van der Waals surface area contributed by atoms with Crippen LogP contribution in [0.3, 0.4) is 0 Å². The lowest BCUT2D eigenvalue weighted by Gasteiger charge is -2.16. The Balaban J connectivity index is 2.21. The highest BCUT2D eigenvalue weighted by atomic mass is 19.4. The van der Waals surface area contributed by atoms with E-state index in [1.165, 1.54) is 16.7 Å². The summed E-state index contributed by atoms with van der Waals surface area (Å²) in [6, 6.07) is 6.27. The standard InChI is InChI=1S/C20H20F3N3O2/c1-12(2)24-18(27)11-26-17(10-25-9-13(3)7-16(25)19(26)28)14-5-4-6-15(8-14)20(21,22)23/h4-10,12H,11H2,1-3H3,(H,24,27). The van der Waals surface area contributed by atoms with Crippen LogP contribution in [0.2, 0.25) is 0 Å². The van der Waals surface area contributed by atoms with Crippen LogP contribution in [0.1, 0.15) is 25.0 Å². The van der Waals surface area contributed by atoms with Gasteiger partial charge in [-0.25, -0.2) is 0 Å². The predicted molar refractivity (Wildman–Crippen MR) is 100 cm³/mol. The minimum absolute atomic E-state index is 0.125. The van der Waals surface area contributed by atoms with Crippen molar-refractivity contribution in [2.75, 3.05) is 0 Å². The summed E-state index contributed by atoms with van der Waals surface area (Å²) in [5, 5.41) is 2.70. The van der Waals surface area contributed by atoms with Crippen molar-refractivity contribution in [3.8, 4) is 11.3 Å². The molecule has 5 nitrogen and oxygen atoms in total. The van der Waals surface area contributed by atoms with Crippen molar-refractivity contribution < 1.29 is 18.0 Å². The number of halogens is 3. The number of nitrogens with one attached hydrogen (secondary N) is 1. The van der Waals surface area contributed by atoms with Gasteiger partial charge in [-0.2, -0.15) is 13.2 Å². The number of aryl methyl sites for hydroxylation is 1. The quantitative estimate of drug-likeness (QED) is 0.739. The van der Waals surface area contributed by atoms with Crippen molar-refractivity contribution in [2.45, 2.75) is 39.5 Å². The van der Waals surface area contributed by atoms with E-state index in [1.807, 2.05) is 6.92 Å². The second-order valence-electron chi connectivity index (χ2n) is 7.02. The van der Waals surface area contributed by atoms with Crippen molar-refractivity contribution in [3.63, 3.8) is 0 Å². The molecular formula is C20H20F3N3O2. The van der Waals surface area contributed by atoms with Gasteiger partial charge < -0.3 is 9.72 Å². The molecule has 0 bridgehead atoms. The molecule has 8 heteroatoms. The van der Waals surface area contributed by atoms with Crippen LogP contribution in [-0.4, -0.2) is 20.9 Å². The number of benzene rings is 1. The van der Waals surface area contributed by atoms with Gasteiger partial charge >= 0.3 is 6.18 Å². The second kappa shape index (κ2) is 7.18. The molecule has 0 atom stereocenters. The first-order valence-corrected chi connectivity index (χ1v) is 8.75. The SMILES string of the molecule is Cc1cc2c(=O)n(CC(=O)NC(C)C)c(-c3cccc(C(F)(F)F)c3)cn2c1. The van der Waals surface area contributed by atoms with Crippen LogP contribution >= 0.6 is 0 Å². The lowest BCUT2D eigenvalue weighted by Crippen LogP contribution is -2.36. The topological polar surface area (TPSA) is 55.5 Å². The summed E-state index contributed by atoms with van der Waals surface area (Å²) in [6.07, 6.45) is -1.22. The number of hydrogen-bond donors (Lipinski definition) is 1. The summed E-state index contributed by atoms with van der Waals surface area (Å²) in [5.74, 6) is -0.391. The lowest BCUT2D eigenvalue weighted by atomic mass is 10.1. The van der Waals surface area contributed by atoms with Crippen LogP contribution in [0.25, 0.3) is 16.8 Å². The number of alkyl halides is 3. The molecule has 0 saturated heterocycles. The van der Waals surface area contributed by atoms with Crippen molar-refractivity contribution >= 4 is 11.4 Å². The molecule has 3 rings (SSSR count). The molecule has 0 aliphatic heterocycles. The van der Waals surface area contributed by atoms with Crippen molar-refractivity contribution in [1.82, 2.24) is 14.3 Å². The Labute approximate surface area is 159 Å². The van der Waals surface area contributed by atoms with Crippen LogP contribution in [0, 0.1) is 6.92 Å². The van der Waals surface area contributed by atoms with E-state index in [2.05, 4.69) is 5.32 Å². The summed E-state index contributed by atoms with van der Waals surface area (Å²) in [4.78, 5) is 25.2. The molecule has 148 valence electrons. The third-order valence-electron chi connectivity index (χ3n) is 4.24. The third-order valence-corrected chi connectivity index (χ3v) is 4.24. The summed E-state index contributed by atoms with van der Waals surface area (Å²) >= 11 is 0. The van der Waals surface area contributed by atoms with Gasteiger partial charge in [-0.15, -0.1) is 0 Å². The average Bonchev–Trinajstić information content (AvgIpc) is 2.96. The number of nitrogens with zero attached hydrogens (tertiary/aromatic N) is 2. The highest BCUT2D eigenvalue weighted by Crippen LogP contribution is 2.32. The normalized spacial score (nSPS) is 12.0. The van der Waals surface area contributed by atoms with Crippen LogP contribution in [-0.2, 0) is 17.5 Å². The molecule has 2 heterocycles. The fourth-order valence-corrected chi connectivity index (χ4v) is 3.10. The molecule has 0 aliphatic carbocycles. The Morgan fingerprint density at radius 3 is 2.54 bits per heavy atom. The maximum absolute atomic E-state index is 13.1. The highest BCUT2D eigenvalue weighted by molar-refractivity contribution is 5.77. The van der Waals surface area contributed by atoms with Crippen LogP contribution in [0.5, 0.6) is 0 Å². The van der Waals surface area contributed by atoms with Crippen LogP contribution in [0.15, 0.2) is 47.5 Å².